The number of amides is 1. The van der Waals surface area contributed by atoms with Crippen molar-refractivity contribution in [3.63, 3.8) is 0 Å². The zero-order chi connectivity index (χ0) is 19.6. The lowest BCUT2D eigenvalue weighted by Crippen LogP contribution is -2.60. The molecule has 3 heterocycles. The van der Waals surface area contributed by atoms with Gasteiger partial charge in [0.05, 0.1) is 18.5 Å². The number of hydrogen-bond acceptors (Lipinski definition) is 4. The Labute approximate surface area is 164 Å². The molecule has 0 radical (unpaired) electrons. The minimum Gasteiger partial charge on any atom is -0.383 e. The monoisotopic (exact) mass is 386 g/mol. The fourth-order valence-electron chi connectivity index (χ4n) is 4.67. The van der Waals surface area contributed by atoms with E-state index in [2.05, 4.69) is 15.1 Å². The lowest BCUT2D eigenvalue weighted by molar-refractivity contribution is -0.148. The average molecular weight is 386 g/mol. The first-order valence-corrected chi connectivity index (χ1v) is 9.95. The van der Waals surface area contributed by atoms with E-state index in [9.17, 15) is 9.18 Å². The summed E-state index contributed by atoms with van der Waals surface area (Å²) in [5, 5.41) is 7.26. The summed E-state index contributed by atoms with van der Waals surface area (Å²) in [6.07, 6.45) is 5.66. The summed E-state index contributed by atoms with van der Waals surface area (Å²) < 4.78 is 18.5. The molecular formula is C21H27FN4O2. The third kappa shape index (κ3) is 3.44. The van der Waals surface area contributed by atoms with Crippen LogP contribution in [0.2, 0.25) is 0 Å². The van der Waals surface area contributed by atoms with Crippen LogP contribution in [0.1, 0.15) is 31.2 Å². The van der Waals surface area contributed by atoms with Crippen molar-refractivity contribution >= 4 is 5.91 Å². The number of nitrogens with one attached hydrogen (secondary N) is 1. The fraction of sp³-hybridized carbons (Fsp3) is 0.524. The van der Waals surface area contributed by atoms with Crippen LogP contribution >= 0.6 is 0 Å². The number of ether oxygens (including phenoxy) is 1. The molecule has 2 aliphatic heterocycles. The number of hydrogen-bond donors (Lipinski definition) is 1. The normalized spacial score (nSPS) is 23.1. The van der Waals surface area contributed by atoms with E-state index < -0.39 is 5.54 Å². The fourth-order valence-corrected chi connectivity index (χ4v) is 4.67. The zero-order valence-corrected chi connectivity index (χ0v) is 16.3. The predicted octanol–water partition coefficient (Wildman–Crippen LogP) is 2.82. The van der Waals surface area contributed by atoms with Crippen LogP contribution in [0.25, 0.3) is 11.3 Å². The lowest BCUT2D eigenvalue weighted by Gasteiger charge is -2.44. The largest absolute Gasteiger partial charge is 0.383 e. The van der Waals surface area contributed by atoms with E-state index >= 15 is 0 Å². The smallest absolute Gasteiger partial charge is 0.243 e. The summed E-state index contributed by atoms with van der Waals surface area (Å²) >= 11 is 0. The molecule has 2 saturated heterocycles. The van der Waals surface area contributed by atoms with E-state index in [0.29, 0.717) is 19.7 Å². The number of H-pyrrole nitrogens is 1. The lowest BCUT2D eigenvalue weighted by atomic mass is 9.85. The first-order chi connectivity index (χ1) is 13.6. The summed E-state index contributed by atoms with van der Waals surface area (Å²) in [4.78, 5) is 17.6. The highest BCUT2D eigenvalue weighted by atomic mass is 19.1. The minimum absolute atomic E-state index is 0.236. The van der Waals surface area contributed by atoms with Crippen molar-refractivity contribution < 1.29 is 13.9 Å². The highest BCUT2D eigenvalue weighted by Crippen LogP contribution is 2.39. The molecule has 4 rings (SSSR count). The molecule has 1 N–H and O–H groups in total. The third-order valence-electron chi connectivity index (χ3n) is 6.10. The van der Waals surface area contributed by atoms with Gasteiger partial charge in [-0.25, -0.2) is 4.39 Å². The SMILES string of the molecule is COCCN1CCCC2(CCCN2Cc2cn[nH]c2-c2ccc(F)cc2)C1=O. The van der Waals surface area contributed by atoms with Crippen molar-refractivity contribution in [2.45, 2.75) is 37.8 Å². The van der Waals surface area contributed by atoms with Crippen LogP contribution in [-0.4, -0.2) is 64.8 Å². The Morgan fingerprint density at radius 3 is 2.71 bits per heavy atom. The number of nitrogens with zero attached hydrogens (tertiary/aromatic N) is 3. The molecule has 1 unspecified atom stereocenters. The molecule has 1 aromatic carbocycles. The summed E-state index contributed by atoms with van der Waals surface area (Å²) in [6, 6.07) is 6.42. The van der Waals surface area contributed by atoms with Crippen LogP contribution in [0.5, 0.6) is 0 Å². The highest BCUT2D eigenvalue weighted by Gasteiger charge is 2.50. The topological polar surface area (TPSA) is 61.5 Å². The number of carbonyl (C=O) groups excluding carboxylic acids is 1. The average Bonchev–Trinajstić information content (AvgIpc) is 3.32. The van der Waals surface area contributed by atoms with E-state index in [1.807, 2.05) is 11.1 Å². The van der Waals surface area contributed by atoms with Gasteiger partial charge in [0.1, 0.15) is 11.4 Å². The van der Waals surface area contributed by atoms with Crippen LogP contribution in [-0.2, 0) is 16.1 Å². The maximum atomic E-state index is 13.4. The van der Waals surface area contributed by atoms with Crippen molar-refractivity contribution in [3.8, 4) is 11.3 Å². The van der Waals surface area contributed by atoms with Crippen molar-refractivity contribution in [3.05, 3.63) is 41.8 Å². The van der Waals surface area contributed by atoms with E-state index in [1.54, 1.807) is 19.2 Å². The molecule has 1 aromatic heterocycles. The Balaban J connectivity index is 1.56. The maximum absolute atomic E-state index is 13.4. The van der Waals surface area contributed by atoms with Gasteiger partial charge in [-0.05, 0) is 56.5 Å². The number of methoxy groups -OCH3 is 1. The molecule has 2 fully saturated rings. The number of aromatic nitrogens is 2. The summed E-state index contributed by atoms with van der Waals surface area (Å²) in [5.74, 6) is -0.0209. The molecule has 7 heteroatoms. The molecular weight excluding hydrogens is 359 g/mol. The molecule has 1 atom stereocenters. The van der Waals surface area contributed by atoms with Gasteiger partial charge in [-0.2, -0.15) is 5.10 Å². The van der Waals surface area contributed by atoms with Crippen LogP contribution in [0.4, 0.5) is 4.39 Å². The van der Waals surface area contributed by atoms with E-state index in [4.69, 9.17) is 4.74 Å². The highest BCUT2D eigenvalue weighted by molar-refractivity contribution is 5.87. The van der Waals surface area contributed by atoms with Crippen LogP contribution in [0.3, 0.4) is 0 Å². The summed E-state index contributed by atoms with van der Waals surface area (Å²) in [6.45, 7) is 3.59. The molecule has 2 aromatic rings. The number of likely N-dealkylation sites (tertiary alicyclic amines) is 2. The number of carbonyl (C=O) groups is 1. The maximum Gasteiger partial charge on any atom is 0.243 e. The molecule has 1 spiro atoms. The van der Waals surface area contributed by atoms with Gasteiger partial charge in [0.25, 0.3) is 0 Å². The second kappa shape index (κ2) is 8.01. The third-order valence-corrected chi connectivity index (χ3v) is 6.10. The molecule has 0 bridgehead atoms. The van der Waals surface area contributed by atoms with Gasteiger partial charge in [-0.1, -0.05) is 0 Å². The first kappa shape index (κ1) is 19.1. The van der Waals surface area contributed by atoms with Gasteiger partial charge < -0.3 is 9.64 Å². The summed E-state index contributed by atoms with van der Waals surface area (Å²) in [7, 11) is 1.67. The van der Waals surface area contributed by atoms with Gasteiger partial charge >= 0.3 is 0 Å². The molecule has 6 nitrogen and oxygen atoms in total. The van der Waals surface area contributed by atoms with Crippen LogP contribution in [0, 0.1) is 5.82 Å². The second-order valence-corrected chi connectivity index (χ2v) is 7.72. The van der Waals surface area contributed by atoms with Gasteiger partial charge in [-0.15, -0.1) is 0 Å². The molecule has 150 valence electrons. The van der Waals surface area contributed by atoms with Gasteiger partial charge in [-0.3, -0.25) is 14.8 Å². The van der Waals surface area contributed by atoms with E-state index in [-0.39, 0.29) is 11.7 Å². The quantitative estimate of drug-likeness (QED) is 0.829. The Morgan fingerprint density at radius 2 is 1.96 bits per heavy atom. The molecule has 0 aliphatic carbocycles. The Hall–Kier alpha value is -2.25. The molecule has 28 heavy (non-hydrogen) atoms. The van der Waals surface area contributed by atoms with E-state index in [1.165, 1.54) is 12.1 Å². The van der Waals surface area contributed by atoms with Crippen molar-refractivity contribution in [2.75, 3.05) is 33.4 Å². The second-order valence-electron chi connectivity index (χ2n) is 7.72. The predicted molar refractivity (Wildman–Crippen MR) is 104 cm³/mol. The Morgan fingerprint density at radius 1 is 1.21 bits per heavy atom. The Bertz CT molecular complexity index is 822. The number of benzene rings is 1. The number of rotatable bonds is 6. The number of aromatic amines is 1. The molecule has 2 aliphatic rings. The zero-order valence-electron chi connectivity index (χ0n) is 16.3. The minimum atomic E-state index is -0.413. The van der Waals surface area contributed by atoms with Gasteiger partial charge in [0.2, 0.25) is 5.91 Å². The van der Waals surface area contributed by atoms with Gasteiger partial charge in [0.15, 0.2) is 0 Å². The van der Waals surface area contributed by atoms with Gasteiger partial charge in [0, 0.05) is 37.9 Å². The van der Waals surface area contributed by atoms with E-state index in [0.717, 1.165) is 55.6 Å². The number of halogens is 1. The van der Waals surface area contributed by atoms with Crippen LogP contribution in [0.15, 0.2) is 30.5 Å². The van der Waals surface area contributed by atoms with Crippen molar-refractivity contribution in [1.82, 2.24) is 20.0 Å². The number of piperidine rings is 1. The van der Waals surface area contributed by atoms with Crippen molar-refractivity contribution in [2.24, 2.45) is 0 Å². The standard InChI is InChI=1S/C21H27FN4O2/c1-28-13-12-25-10-2-8-21(20(25)27)9-3-11-26(21)15-17-14-23-24-19(17)16-4-6-18(22)7-5-16/h4-7,14H,2-3,8-13,15H2,1H3,(H,23,24). The Kier molecular flexibility index (Phi) is 5.46. The van der Waals surface area contributed by atoms with Crippen molar-refractivity contribution in [1.29, 1.82) is 0 Å². The molecule has 1 amide bonds. The summed E-state index contributed by atoms with van der Waals surface area (Å²) in [5.41, 5.74) is 2.42. The molecule has 0 saturated carbocycles. The van der Waals surface area contributed by atoms with Crippen LogP contribution < -0.4 is 0 Å². The first-order valence-electron chi connectivity index (χ1n) is 9.95.